The summed E-state index contributed by atoms with van der Waals surface area (Å²) in [5.41, 5.74) is 2.41. The number of hydrogen-bond donors (Lipinski definition) is 1. The summed E-state index contributed by atoms with van der Waals surface area (Å²) >= 11 is 0. The van der Waals surface area contributed by atoms with Crippen LogP contribution in [0.2, 0.25) is 0 Å². The number of sulfone groups is 1. The number of carbonyl (C=O) groups excluding carboxylic acids is 1. The molecule has 1 N–H and O–H groups in total. The van der Waals surface area contributed by atoms with Crippen LogP contribution in [0.25, 0.3) is 0 Å². The number of amides is 1. The molecule has 0 saturated heterocycles. The minimum atomic E-state index is -3.32. The Labute approximate surface area is 137 Å². The van der Waals surface area contributed by atoms with Gasteiger partial charge in [-0.25, -0.2) is 8.42 Å². The Hall–Kier alpha value is -2.14. The van der Waals surface area contributed by atoms with Crippen molar-refractivity contribution in [3.05, 3.63) is 65.2 Å². The van der Waals surface area contributed by atoms with Crippen molar-refractivity contribution in [1.82, 2.24) is 5.32 Å². The highest BCUT2D eigenvalue weighted by molar-refractivity contribution is 7.90. The van der Waals surface area contributed by atoms with E-state index < -0.39 is 9.84 Å². The van der Waals surface area contributed by atoms with Crippen molar-refractivity contribution in [3.8, 4) is 0 Å². The summed E-state index contributed by atoms with van der Waals surface area (Å²) in [6, 6.07) is 14.7. The first kappa shape index (κ1) is 17.2. The molecule has 0 atom stereocenters. The van der Waals surface area contributed by atoms with Crippen LogP contribution in [0.15, 0.2) is 53.4 Å². The molecule has 0 unspecified atom stereocenters. The molecule has 1 amide bonds. The average molecular weight is 331 g/mol. The third kappa shape index (κ3) is 4.93. The lowest BCUT2D eigenvalue weighted by molar-refractivity contribution is 0.0952. The molecular weight excluding hydrogens is 310 g/mol. The highest BCUT2D eigenvalue weighted by Crippen LogP contribution is 2.15. The smallest absolute Gasteiger partial charge is 0.251 e. The van der Waals surface area contributed by atoms with Crippen LogP contribution in [0.4, 0.5) is 0 Å². The molecule has 2 aromatic rings. The van der Waals surface area contributed by atoms with Gasteiger partial charge in [0.15, 0.2) is 9.84 Å². The summed E-state index contributed by atoms with van der Waals surface area (Å²) < 4.78 is 23.2. The summed E-state index contributed by atoms with van der Waals surface area (Å²) in [5.74, 6) is -0.235. The molecule has 0 heterocycles. The highest BCUT2D eigenvalue weighted by atomic mass is 32.2. The summed E-state index contributed by atoms with van der Waals surface area (Å²) in [4.78, 5) is 12.4. The molecule has 122 valence electrons. The van der Waals surface area contributed by atoms with Crippen LogP contribution in [-0.2, 0) is 16.3 Å². The topological polar surface area (TPSA) is 63.2 Å². The van der Waals surface area contributed by atoms with Gasteiger partial charge in [-0.3, -0.25) is 4.79 Å². The second-order valence-electron chi connectivity index (χ2n) is 5.59. The van der Waals surface area contributed by atoms with Crippen LogP contribution in [0.5, 0.6) is 0 Å². The van der Waals surface area contributed by atoms with E-state index in [-0.39, 0.29) is 10.8 Å². The Balaban J connectivity index is 1.95. The zero-order chi connectivity index (χ0) is 16.9. The summed E-state index contributed by atoms with van der Waals surface area (Å²) in [5, 5.41) is 2.85. The first-order valence-electron chi connectivity index (χ1n) is 7.51. The van der Waals surface area contributed by atoms with Crippen molar-refractivity contribution < 1.29 is 13.2 Å². The predicted octanol–water partition coefficient (Wildman–Crippen LogP) is 2.76. The summed E-state index contributed by atoms with van der Waals surface area (Å²) in [6.45, 7) is 2.35. The van der Waals surface area contributed by atoms with E-state index in [0.29, 0.717) is 12.1 Å². The Bertz CT molecular complexity index is 783. The second kappa shape index (κ2) is 7.42. The van der Waals surface area contributed by atoms with Gasteiger partial charge in [-0.1, -0.05) is 36.4 Å². The van der Waals surface area contributed by atoms with E-state index in [4.69, 9.17) is 0 Å². The minimum absolute atomic E-state index is 0.164. The Kier molecular flexibility index (Phi) is 5.55. The summed E-state index contributed by atoms with van der Waals surface area (Å²) in [6.07, 6.45) is 2.86. The van der Waals surface area contributed by atoms with Crippen molar-refractivity contribution in [3.63, 3.8) is 0 Å². The maximum absolute atomic E-state index is 12.3. The van der Waals surface area contributed by atoms with E-state index in [1.807, 2.05) is 18.2 Å². The van der Waals surface area contributed by atoms with Gasteiger partial charge in [0.2, 0.25) is 0 Å². The monoisotopic (exact) mass is 331 g/mol. The number of benzene rings is 2. The van der Waals surface area contributed by atoms with E-state index in [2.05, 4.69) is 17.4 Å². The van der Waals surface area contributed by atoms with Crippen LogP contribution in [0, 0.1) is 6.92 Å². The third-order valence-electron chi connectivity index (χ3n) is 3.65. The van der Waals surface area contributed by atoms with E-state index in [1.54, 1.807) is 13.0 Å². The fourth-order valence-electron chi connectivity index (χ4n) is 2.31. The zero-order valence-electron chi connectivity index (χ0n) is 13.4. The lowest BCUT2D eigenvalue weighted by Gasteiger charge is -2.09. The van der Waals surface area contributed by atoms with Gasteiger partial charge in [0, 0.05) is 18.4 Å². The second-order valence-corrected chi connectivity index (χ2v) is 7.61. The normalized spacial score (nSPS) is 11.2. The number of nitrogens with one attached hydrogen (secondary N) is 1. The lowest BCUT2D eigenvalue weighted by Crippen LogP contribution is -2.25. The largest absolute Gasteiger partial charge is 0.352 e. The molecule has 2 aromatic carbocycles. The number of carbonyl (C=O) groups is 1. The van der Waals surface area contributed by atoms with Gasteiger partial charge in [-0.2, -0.15) is 0 Å². The van der Waals surface area contributed by atoms with Gasteiger partial charge in [-0.05, 0) is 43.0 Å². The maximum atomic E-state index is 12.3. The van der Waals surface area contributed by atoms with Gasteiger partial charge < -0.3 is 5.32 Å². The SMILES string of the molecule is Cc1ccc(S(C)(=O)=O)cc1C(=O)NCCCc1ccccc1. The minimum Gasteiger partial charge on any atom is -0.352 e. The van der Waals surface area contributed by atoms with Gasteiger partial charge in [-0.15, -0.1) is 0 Å². The Morgan fingerprint density at radius 2 is 1.78 bits per heavy atom. The maximum Gasteiger partial charge on any atom is 0.251 e. The highest BCUT2D eigenvalue weighted by Gasteiger charge is 2.14. The van der Waals surface area contributed by atoms with Gasteiger partial charge in [0.05, 0.1) is 4.90 Å². The predicted molar refractivity (Wildman–Crippen MR) is 91.4 cm³/mol. The van der Waals surface area contributed by atoms with Gasteiger partial charge in [0.1, 0.15) is 0 Å². The van der Waals surface area contributed by atoms with Crippen molar-refractivity contribution in [2.45, 2.75) is 24.7 Å². The van der Waals surface area contributed by atoms with Crippen LogP contribution in [0.1, 0.15) is 27.9 Å². The molecule has 0 aliphatic carbocycles. The molecule has 0 radical (unpaired) electrons. The molecule has 0 aliphatic rings. The van der Waals surface area contributed by atoms with Crippen LogP contribution in [-0.4, -0.2) is 27.1 Å². The van der Waals surface area contributed by atoms with E-state index >= 15 is 0 Å². The average Bonchev–Trinajstić information content (AvgIpc) is 2.51. The molecule has 0 fully saturated rings. The molecule has 2 rings (SSSR count). The lowest BCUT2D eigenvalue weighted by atomic mass is 10.1. The fraction of sp³-hybridized carbons (Fsp3) is 0.278. The standard InChI is InChI=1S/C18H21NO3S/c1-14-10-11-16(23(2,21)22)13-17(14)18(20)19-12-6-9-15-7-4-3-5-8-15/h3-5,7-8,10-11,13H,6,9,12H2,1-2H3,(H,19,20). The van der Waals surface area contributed by atoms with Crippen molar-refractivity contribution in [2.75, 3.05) is 12.8 Å². The first-order valence-corrected chi connectivity index (χ1v) is 9.40. The van der Waals surface area contributed by atoms with E-state index in [9.17, 15) is 13.2 Å². The molecule has 0 spiro atoms. The van der Waals surface area contributed by atoms with Crippen molar-refractivity contribution in [1.29, 1.82) is 0 Å². The van der Waals surface area contributed by atoms with Crippen LogP contribution >= 0.6 is 0 Å². The molecule has 0 saturated carbocycles. The molecule has 0 aromatic heterocycles. The Morgan fingerprint density at radius 1 is 1.09 bits per heavy atom. The zero-order valence-corrected chi connectivity index (χ0v) is 14.2. The van der Waals surface area contributed by atoms with Gasteiger partial charge >= 0.3 is 0 Å². The molecule has 23 heavy (non-hydrogen) atoms. The number of aryl methyl sites for hydroxylation is 2. The number of hydrogen-bond acceptors (Lipinski definition) is 3. The molecular formula is C18H21NO3S. The first-order chi connectivity index (χ1) is 10.9. The van der Waals surface area contributed by atoms with Crippen molar-refractivity contribution in [2.24, 2.45) is 0 Å². The number of rotatable bonds is 6. The molecule has 4 nitrogen and oxygen atoms in total. The van der Waals surface area contributed by atoms with E-state index in [1.165, 1.54) is 17.7 Å². The fourth-order valence-corrected chi connectivity index (χ4v) is 2.96. The summed E-state index contributed by atoms with van der Waals surface area (Å²) in [7, 11) is -3.32. The van der Waals surface area contributed by atoms with Crippen LogP contribution < -0.4 is 5.32 Å². The quantitative estimate of drug-likeness (QED) is 0.828. The molecule has 0 bridgehead atoms. The third-order valence-corrected chi connectivity index (χ3v) is 4.76. The van der Waals surface area contributed by atoms with E-state index in [0.717, 1.165) is 24.7 Å². The van der Waals surface area contributed by atoms with Crippen molar-refractivity contribution >= 4 is 15.7 Å². The Morgan fingerprint density at radius 3 is 2.43 bits per heavy atom. The van der Waals surface area contributed by atoms with Crippen LogP contribution in [0.3, 0.4) is 0 Å². The molecule has 5 heteroatoms. The molecule has 0 aliphatic heterocycles. The van der Waals surface area contributed by atoms with Gasteiger partial charge in [0.25, 0.3) is 5.91 Å².